The number of amides is 2. The number of hydrazine groups is 1. The molecule has 2 rings (SSSR count). The molecule has 0 aliphatic heterocycles. The zero-order valence-corrected chi connectivity index (χ0v) is 22.6. The number of rotatable bonds is 8. The van der Waals surface area contributed by atoms with Crippen LogP contribution in [0.2, 0.25) is 0 Å². The lowest BCUT2D eigenvalue weighted by Crippen LogP contribution is -2.49. The number of ether oxygens (including phenoxy) is 2. The summed E-state index contributed by atoms with van der Waals surface area (Å²) < 4.78 is 12.0. The first-order valence-electron chi connectivity index (χ1n) is 11.0. The number of carbonyl (C=O) groups excluding carboxylic acids is 2. The predicted octanol–water partition coefficient (Wildman–Crippen LogP) is 4.89. The van der Waals surface area contributed by atoms with Gasteiger partial charge in [-0.3, -0.25) is 25.8 Å². The van der Waals surface area contributed by atoms with Crippen LogP contribution in [0.15, 0.2) is 46.9 Å². The molecule has 0 aliphatic rings. The van der Waals surface area contributed by atoms with E-state index in [-0.39, 0.29) is 17.1 Å². The molecule has 0 fully saturated rings. The van der Waals surface area contributed by atoms with Gasteiger partial charge in [0, 0.05) is 5.56 Å². The topological polar surface area (TPSA) is 88.7 Å². The highest BCUT2D eigenvalue weighted by Crippen LogP contribution is 2.31. The summed E-state index contributed by atoms with van der Waals surface area (Å²) in [5, 5.41) is 2.47. The molecule has 2 aromatic rings. The number of halogens is 1. The Hall–Kier alpha value is -2.65. The predicted molar refractivity (Wildman–Crippen MR) is 141 cm³/mol. The Labute approximate surface area is 215 Å². The Kier molecular flexibility index (Phi) is 10.3. The minimum absolute atomic E-state index is 0.00570. The lowest BCUT2D eigenvalue weighted by Gasteiger charge is -2.20. The van der Waals surface area contributed by atoms with Gasteiger partial charge in [0.1, 0.15) is 11.5 Å². The van der Waals surface area contributed by atoms with E-state index in [1.165, 1.54) is 0 Å². The fourth-order valence-electron chi connectivity index (χ4n) is 2.71. The van der Waals surface area contributed by atoms with Gasteiger partial charge in [0.2, 0.25) is 0 Å². The summed E-state index contributed by atoms with van der Waals surface area (Å²) in [4.78, 5) is 24.4. The third kappa shape index (κ3) is 9.30. The van der Waals surface area contributed by atoms with Crippen LogP contribution in [0, 0.1) is 5.92 Å². The summed E-state index contributed by atoms with van der Waals surface area (Å²) >= 11 is 8.55. The van der Waals surface area contributed by atoms with E-state index in [0.717, 1.165) is 16.5 Å². The van der Waals surface area contributed by atoms with Crippen molar-refractivity contribution in [3.63, 3.8) is 0 Å². The average Bonchev–Trinajstić information content (AvgIpc) is 2.76. The smallest absolute Gasteiger partial charge is 0.276 e. The molecule has 184 valence electrons. The van der Waals surface area contributed by atoms with Crippen molar-refractivity contribution in [2.24, 2.45) is 5.92 Å². The van der Waals surface area contributed by atoms with Gasteiger partial charge in [-0.25, -0.2) is 0 Å². The Bertz CT molecular complexity index is 1000. The van der Waals surface area contributed by atoms with Crippen LogP contribution in [0.5, 0.6) is 11.5 Å². The lowest BCUT2D eigenvalue weighted by molar-refractivity contribution is -0.123. The van der Waals surface area contributed by atoms with Gasteiger partial charge in [-0.1, -0.05) is 40.7 Å². The SMILES string of the molecule is CC(C)CCOc1ccc(C(=O)NC(=S)NNC(=O)COc2ccc(C(C)(C)C)cc2Br)cc1. The van der Waals surface area contributed by atoms with Crippen LogP contribution in [0.1, 0.15) is 57.0 Å². The molecule has 34 heavy (non-hydrogen) atoms. The molecule has 0 aromatic heterocycles. The third-order valence-electron chi connectivity index (χ3n) is 4.78. The Morgan fingerprint density at radius 2 is 1.71 bits per heavy atom. The Morgan fingerprint density at radius 3 is 2.29 bits per heavy atom. The molecule has 0 radical (unpaired) electrons. The average molecular weight is 551 g/mol. The number of nitrogens with one attached hydrogen (secondary N) is 3. The zero-order chi connectivity index (χ0) is 25.3. The van der Waals surface area contributed by atoms with Crippen LogP contribution in [-0.2, 0) is 10.2 Å². The second kappa shape index (κ2) is 12.7. The summed E-state index contributed by atoms with van der Waals surface area (Å²) in [7, 11) is 0. The molecule has 0 spiro atoms. The first kappa shape index (κ1) is 27.6. The maximum Gasteiger partial charge on any atom is 0.276 e. The molecule has 0 saturated heterocycles. The van der Waals surface area contributed by atoms with Gasteiger partial charge < -0.3 is 9.47 Å². The maximum atomic E-state index is 12.3. The zero-order valence-electron chi connectivity index (χ0n) is 20.2. The normalized spacial score (nSPS) is 11.0. The van der Waals surface area contributed by atoms with Crippen molar-refractivity contribution < 1.29 is 19.1 Å². The minimum atomic E-state index is -0.453. The van der Waals surface area contributed by atoms with Crippen molar-refractivity contribution in [3.8, 4) is 11.5 Å². The standard InChI is InChI=1S/C25H32BrN3O4S/c1-16(2)12-13-32-19-9-6-17(7-10-19)23(31)27-24(34)29-28-22(30)15-33-21-11-8-18(14-20(21)26)25(3,4)5/h6-11,14,16H,12-13,15H2,1-5H3,(H,28,30)(H2,27,29,31,34). The minimum Gasteiger partial charge on any atom is -0.494 e. The van der Waals surface area contributed by atoms with Crippen LogP contribution < -0.4 is 25.6 Å². The molecule has 0 atom stereocenters. The fraction of sp³-hybridized carbons (Fsp3) is 0.400. The van der Waals surface area contributed by atoms with E-state index < -0.39 is 11.8 Å². The molecular weight excluding hydrogens is 518 g/mol. The quantitative estimate of drug-likeness (QED) is 0.321. The lowest BCUT2D eigenvalue weighted by atomic mass is 9.87. The molecule has 0 aliphatic carbocycles. The monoisotopic (exact) mass is 549 g/mol. The van der Waals surface area contributed by atoms with Gasteiger partial charge in [-0.15, -0.1) is 0 Å². The van der Waals surface area contributed by atoms with Gasteiger partial charge >= 0.3 is 0 Å². The van der Waals surface area contributed by atoms with Crippen LogP contribution >= 0.6 is 28.1 Å². The van der Waals surface area contributed by atoms with E-state index in [2.05, 4.69) is 66.7 Å². The first-order valence-corrected chi connectivity index (χ1v) is 12.2. The highest BCUT2D eigenvalue weighted by atomic mass is 79.9. The largest absolute Gasteiger partial charge is 0.494 e. The summed E-state index contributed by atoms with van der Waals surface area (Å²) in [6.07, 6.45) is 0.958. The van der Waals surface area contributed by atoms with E-state index in [1.807, 2.05) is 18.2 Å². The molecule has 0 heterocycles. The van der Waals surface area contributed by atoms with E-state index in [0.29, 0.717) is 29.6 Å². The number of benzene rings is 2. The molecule has 9 heteroatoms. The first-order chi connectivity index (χ1) is 16.0. The molecule has 7 nitrogen and oxygen atoms in total. The number of carbonyl (C=O) groups is 2. The molecule has 0 bridgehead atoms. The summed E-state index contributed by atoms with van der Waals surface area (Å²) in [5.41, 5.74) is 6.46. The van der Waals surface area contributed by atoms with E-state index >= 15 is 0 Å². The van der Waals surface area contributed by atoms with Gasteiger partial charge in [0.05, 0.1) is 11.1 Å². The van der Waals surface area contributed by atoms with Crippen molar-refractivity contribution in [1.82, 2.24) is 16.2 Å². The molecule has 3 N–H and O–H groups in total. The van der Waals surface area contributed by atoms with Crippen molar-refractivity contribution in [2.75, 3.05) is 13.2 Å². The summed E-state index contributed by atoms with van der Waals surface area (Å²) in [6.45, 7) is 11.0. The highest BCUT2D eigenvalue weighted by Gasteiger charge is 2.16. The van der Waals surface area contributed by atoms with Crippen molar-refractivity contribution in [2.45, 2.75) is 46.5 Å². The van der Waals surface area contributed by atoms with E-state index in [4.69, 9.17) is 21.7 Å². The highest BCUT2D eigenvalue weighted by molar-refractivity contribution is 9.10. The number of thiocarbonyl (C=S) groups is 1. The van der Waals surface area contributed by atoms with Gasteiger partial charge in [-0.05, 0) is 87.9 Å². The number of hydrogen-bond donors (Lipinski definition) is 3. The van der Waals surface area contributed by atoms with Gasteiger partial charge in [0.15, 0.2) is 11.7 Å². The number of hydrogen-bond acceptors (Lipinski definition) is 5. The van der Waals surface area contributed by atoms with Crippen LogP contribution in [-0.4, -0.2) is 30.1 Å². The summed E-state index contributed by atoms with van der Waals surface area (Å²) in [5.74, 6) is 0.957. The van der Waals surface area contributed by atoms with Crippen molar-refractivity contribution in [1.29, 1.82) is 0 Å². The second-order valence-electron chi connectivity index (χ2n) is 9.20. The van der Waals surface area contributed by atoms with Gasteiger partial charge in [0.25, 0.3) is 11.8 Å². The molecule has 2 aromatic carbocycles. The van der Waals surface area contributed by atoms with Crippen LogP contribution in [0.25, 0.3) is 0 Å². The van der Waals surface area contributed by atoms with Gasteiger partial charge in [-0.2, -0.15) is 0 Å². The Balaban J connectivity index is 1.75. The molecule has 0 saturated carbocycles. The fourth-order valence-corrected chi connectivity index (χ4v) is 3.35. The molecular formula is C25H32BrN3O4S. The van der Waals surface area contributed by atoms with E-state index in [9.17, 15) is 9.59 Å². The molecule has 0 unspecified atom stereocenters. The van der Waals surface area contributed by atoms with Crippen LogP contribution in [0.3, 0.4) is 0 Å². The van der Waals surface area contributed by atoms with E-state index in [1.54, 1.807) is 24.3 Å². The second-order valence-corrected chi connectivity index (χ2v) is 10.5. The third-order valence-corrected chi connectivity index (χ3v) is 5.60. The van der Waals surface area contributed by atoms with Crippen molar-refractivity contribution in [3.05, 3.63) is 58.1 Å². The molecule has 2 amide bonds. The van der Waals surface area contributed by atoms with Crippen molar-refractivity contribution >= 4 is 45.1 Å². The van der Waals surface area contributed by atoms with Crippen LogP contribution in [0.4, 0.5) is 0 Å². The maximum absolute atomic E-state index is 12.3. The summed E-state index contributed by atoms with van der Waals surface area (Å²) in [6, 6.07) is 12.5. The Morgan fingerprint density at radius 1 is 1.03 bits per heavy atom.